The molecule has 0 radical (unpaired) electrons. The van der Waals surface area contributed by atoms with Crippen molar-refractivity contribution in [2.24, 2.45) is 0 Å². The van der Waals surface area contributed by atoms with Crippen LogP contribution in [0.15, 0.2) is 102 Å². The second-order valence-corrected chi connectivity index (χ2v) is 12.9. The predicted octanol–water partition coefficient (Wildman–Crippen LogP) is 5.85. The summed E-state index contributed by atoms with van der Waals surface area (Å²) < 4.78 is 29.3. The quantitative estimate of drug-likeness (QED) is 0.229. The van der Waals surface area contributed by atoms with Crippen molar-refractivity contribution in [2.45, 2.75) is 44.7 Å². The van der Waals surface area contributed by atoms with E-state index in [1.54, 1.807) is 12.1 Å². The van der Waals surface area contributed by atoms with E-state index >= 15 is 0 Å². The largest absolute Gasteiger partial charge is 0.357 e. The number of sulfonamides is 1. The smallest absolute Gasteiger partial charge is 0.264 e. The van der Waals surface area contributed by atoms with Gasteiger partial charge in [-0.25, -0.2) is 8.42 Å². The van der Waals surface area contributed by atoms with Crippen molar-refractivity contribution in [1.29, 1.82) is 0 Å². The number of benzene rings is 4. The highest BCUT2D eigenvalue weighted by Crippen LogP contribution is 2.27. The highest BCUT2D eigenvalue weighted by molar-refractivity contribution is 7.92. The molecule has 0 bridgehead atoms. The predicted molar refractivity (Wildman–Crippen MR) is 172 cm³/mol. The minimum Gasteiger partial charge on any atom is -0.357 e. The molecule has 7 nitrogen and oxygen atoms in total. The van der Waals surface area contributed by atoms with Gasteiger partial charge in [0.05, 0.1) is 10.6 Å². The maximum Gasteiger partial charge on any atom is 0.264 e. The molecule has 224 valence electrons. The Morgan fingerprint density at radius 2 is 1.47 bits per heavy atom. The number of likely N-dealkylation sites (N-methyl/N-ethyl adjacent to an activating group) is 1. The monoisotopic (exact) mass is 617 g/mol. The minimum absolute atomic E-state index is 0.000138. The molecule has 0 heterocycles. The van der Waals surface area contributed by atoms with Gasteiger partial charge in [-0.05, 0) is 79.4 Å². The van der Waals surface area contributed by atoms with Crippen LogP contribution < -0.4 is 9.62 Å². The van der Waals surface area contributed by atoms with Gasteiger partial charge in [0.15, 0.2) is 0 Å². The Labute approximate surface area is 259 Å². The van der Waals surface area contributed by atoms with Crippen LogP contribution in [0, 0.1) is 20.8 Å². The van der Waals surface area contributed by atoms with Gasteiger partial charge in [0, 0.05) is 25.0 Å². The third-order valence-corrected chi connectivity index (χ3v) is 9.49. The van der Waals surface area contributed by atoms with E-state index in [1.807, 2.05) is 81.4 Å². The van der Waals surface area contributed by atoms with E-state index in [4.69, 9.17) is 11.6 Å². The molecule has 1 unspecified atom stereocenters. The van der Waals surface area contributed by atoms with E-state index in [9.17, 15) is 18.0 Å². The topological polar surface area (TPSA) is 86.8 Å². The normalized spacial score (nSPS) is 11.9. The number of halogens is 1. The minimum atomic E-state index is -4.19. The van der Waals surface area contributed by atoms with Gasteiger partial charge in [-0.3, -0.25) is 13.9 Å². The number of aryl methyl sites for hydroxylation is 3. The lowest BCUT2D eigenvalue weighted by molar-refractivity contribution is -0.139. The molecule has 1 N–H and O–H groups in total. The van der Waals surface area contributed by atoms with Crippen molar-refractivity contribution in [3.05, 3.63) is 130 Å². The first-order valence-corrected chi connectivity index (χ1v) is 15.8. The summed E-state index contributed by atoms with van der Waals surface area (Å²) in [6, 6.07) is 27.4. The highest BCUT2D eigenvalue weighted by atomic mass is 35.5. The number of rotatable bonds is 11. The average molecular weight is 618 g/mol. The van der Waals surface area contributed by atoms with Crippen LogP contribution in [0.5, 0.6) is 0 Å². The number of amides is 2. The Morgan fingerprint density at radius 3 is 2.07 bits per heavy atom. The second kappa shape index (κ2) is 13.9. The molecule has 0 spiro atoms. The Morgan fingerprint density at radius 1 is 0.814 bits per heavy atom. The summed E-state index contributed by atoms with van der Waals surface area (Å²) in [7, 11) is -2.66. The fourth-order valence-electron chi connectivity index (χ4n) is 4.75. The number of hydrogen-bond acceptors (Lipinski definition) is 4. The molecular weight excluding hydrogens is 582 g/mol. The molecule has 1 atom stereocenters. The SMILES string of the molecule is CNC(=O)C(Cc1ccccc1)N(Cc1ccc(C)cc1)C(=O)CN(c1ccc(C)c(C)c1)S(=O)(=O)c1ccc(Cl)cc1. The number of anilines is 1. The first kappa shape index (κ1) is 31.8. The van der Waals surface area contributed by atoms with Gasteiger partial charge in [-0.2, -0.15) is 0 Å². The van der Waals surface area contributed by atoms with Crippen LogP contribution in [0.4, 0.5) is 5.69 Å². The molecule has 0 saturated carbocycles. The number of carbonyl (C=O) groups is 2. The first-order chi connectivity index (χ1) is 20.5. The van der Waals surface area contributed by atoms with Crippen LogP contribution in [-0.2, 0) is 32.6 Å². The zero-order valence-corrected chi connectivity index (χ0v) is 26.3. The fourth-order valence-corrected chi connectivity index (χ4v) is 6.29. The van der Waals surface area contributed by atoms with Crippen LogP contribution in [-0.4, -0.2) is 44.8 Å². The molecule has 0 aliphatic carbocycles. The molecule has 0 fully saturated rings. The Hall–Kier alpha value is -4.14. The van der Waals surface area contributed by atoms with Crippen molar-refractivity contribution in [3.63, 3.8) is 0 Å². The summed E-state index contributed by atoms with van der Waals surface area (Å²) in [6.07, 6.45) is 0.256. The standard InChI is InChI=1S/C34H36ClN3O4S/c1-24-10-13-28(14-11-24)22-37(32(34(40)36-4)21-27-8-6-5-7-9-27)33(39)23-38(30-17-12-25(2)26(3)20-30)43(41,42)31-18-15-29(35)16-19-31/h5-20,32H,21-23H2,1-4H3,(H,36,40). The van der Waals surface area contributed by atoms with Crippen LogP contribution in [0.25, 0.3) is 0 Å². The third-order valence-electron chi connectivity index (χ3n) is 7.45. The number of carbonyl (C=O) groups excluding carboxylic acids is 2. The van der Waals surface area contributed by atoms with Crippen molar-refractivity contribution >= 4 is 39.1 Å². The Kier molecular flexibility index (Phi) is 10.3. The number of hydrogen-bond donors (Lipinski definition) is 1. The number of nitrogens with one attached hydrogen (secondary N) is 1. The van der Waals surface area contributed by atoms with Gasteiger partial charge in [0.25, 0.3) is 10.0 Å². The summed E-state index contributed by atoms with van der Waals surface area (Å²) in [6.45, 7) is 5.40. The van der Waals surface area contributed by atoms with Crippen LogP contribution in [0.1, 0.15) is 27.8 Å². The molecule has 43 heavy (non-hydrogen) atoms. The van der Waals surface area contributed by atoms with Crippen LogP contribution >= 0.6 is 11.6 Å². The zero-order valence-electron chi connectivity index (χ0n) is 24.7. The summed E-state index contributed by atoms with van der Waals surface area (Å²) in [5, 5.41) is 3.09. The van der Waals surface area contributed by atoms with E-state index in [0.29, 0.717) is 10.7 Å². The fraction of sp³-hybridized carbons (Fsp3) is 0.235. The van der Waals surface area contributed by atoms with Gasteiger partial charge in [0.1, 0.15) is 12.6 Å². The molecule has 4 aromatic carbocycles. The lowest BCUT2D eigenvalue weighted by Crippen LogP contribution is -2.53. The zero-order chi connectivity index (χ0) is 31.1. The summed E-state index contributed by atoms with van der Waals surface area (Å²) in [5.74, 6) is -0.858. The highest BCUT2D eigenvalue weighted by Gasteiger charge is 2.34. The molecule has 0 aliphatic rings. The van der Waals surface area contributed by atoms with E-state index < -0.39 is 28.5 Å². The van der Waals surface area contributed by atoms with Crippen LogP contribution in [0.3, 0.4) is 0 Å². The maximum atomic E-state index is 14.4. The van der Waals surface area contributed by atoms with Crippen molar-refractivity contribution < 1.29 is 18.0 Å². The molecule has 4 rings (SSSR count). The van der Waals surface area contributed by atoms with Crippen molar-refractivity contribution in [3.8, 4) is 0 Å². The van der Waals surface area contributed by atoms with E-state index in [2.05, 4.69) is 5.32 Å². The second-order valence-electron chi connectivity index (χ2n) is 10.6. The van der Waals surface area contributed by atoms with Crippen LogP contribution in [0.2, 0.25) is 5.02 Å². The molecule has 9 heteroatoms. The van der Waals surface area contributed by atoms with Gasteiger partial charge < -0.3 is 10.2 Å². The van der Waals surface area contributed by atoms with Crippen molar-refractivity contribution in [2.75, 3.05) is 17.9 Å². The van der Waals surface area contributed by atoms with E-state index in [0.717, 1.165) is 32.1 Å². The lowest BCUT2D eigenvalue weighted by atomic mass is 10.0. The molecule has 4 aromatic rings. The average Bonchev–Trinajstić information content (AvgIpc) is 3.00. The van der Waals surface area contributed by atoms with Gasteiger partial charge in [0.2, 0.25) is 11.8 Å². The molecular formula is C34H36ClN3O4S. The molecule has 0 aromatic heterocycles. The maximum absolute atomic E-state index is 14.4. The van der Waals surface area contributed by atoms with Gasteiger partial charge in [-0.1, -0.05) is 77.8 Å². The van der Waals surface area contributed by atoms with Gasteiger partial charge >= 0.3 is 0 Å². The summed E-state index contributed by atoms with van der Waals surface area (Å²) in [4.78, 5) is 29.2. The molecule has 2 amide bonds. The molecule has 0 aliphatic heterocycles. The summed E-state index contributed by atoms with van der Waals surface area (Å²) in [5.41, 5.74) is 4.97. The van der Waals surface area contributed by atoms with Crippen molar-refractivity contribution in [1.82, 2.24) is 10.2 Å². The van der Waals surface area contributed by atoms with Gasteiger partial charge in [-0.15, -0.1) is 0 Å². The molecule has 0 saturated heterocycles. The Balaban J connectivity index is 1.80. The van der Waals surface area contributed by atoms with E-state index in [1.165, 1.54) is 36.2 Å². The third kappa shape index (κ3) is 7.83. The Bertz CT molecular complexity index is 1680. The lowest BCUT2D eigenvalue weighted by Gasteiger charge is -2.33. The number of nitrogens with zero attached hydrogens (tertiary/aromatic N) is 2. The van der Waals surface area contributed by atoms with E-state index in [-0.39, 0.29) is 23.8 Å². The summed E-state index contributed by atoms with van der Waals surface area (Å²) >= 11 is 6.05. The first-order valence-electron chi connectivity index (χ1n) is 14.0.